The van der Waals surface area contributed by atoms with Crippen LogP contribution in [0.1, 0.15) is 32.8 Å². The topological polar surface area (TPSA) is 93.7 Å². The molecule has 0 atom stereocenters. The highest BCUT2D eigenvalue weighted by molar-refractivity contribution is 5.82. The molecule has 0 saturated carbocycles. The largest absolute Gasteiger partial charge is 0.459 e. The highest BCUT2D eigenvalue weighted by Crippen LogP contribution is 2.06. The van der Waals surface area contributed by atoms with Crippen LogP contribution < -0.4 is 10.6 Å². The Morgan fingerprint density at radius 3 is 2.33 bits per heavy atom. The third-order valence-corrected chi connectivity index (χ3v) is 2.68. The summed E-state index contributed by atoms with van der Waals surface area (Å²) >= 11 is 0. The Bertz CT molecular complexity index is 552. The number of carbonyl (C=O) groups is 3. The number of esters is 1. The molecule has 0 aliphatic rings. The van der Waals surface area contributed by atoms with Crippen molar-refractivity contribution in [3.63, 3.8) is 0 Å². The highest BCUT2D eigenvalue weighted by Gasteiger charge is 2.16. The van der Waals surface area contributed by atoms with Crippen LogP contribution in [0.5, 0.6) is 0 Å². The number of hydrogen-bond acceptors (Lipinski definition) is 5. The van der Waals surface area contributed by atoms with Crippen LogP contribution in [0.25, 0.3) is 0 Å². The summed E-state index contributed by atoms with van der Waals surface area (Å²) in [5.74, 6) is -0.865. The maximum absolute atomic E-state index is 11.6. The zero-order valence-electron chi connectivity index (χ0n) is 14.3. The molecule has 2 N–H and O–H groups in total. The zero-order chi connectivity index (χ0) is 18.0. The Kier molecular flexibility index (Phi) is 7.74. The summed E-state index contributed by atoms with van der Waals surface area (Å²) in [4.78, 5) is 34.5. The van der Waals surface area contributed by atoms with Gasteiger partial charge in [-0.15, -0.1) is 0 Å². The van der Waals surface area contributed by atoms with Gasteiger partial charge in [0.15, 0.2) is 0 Å². The first kappa shape index (κ1) is 19.5. The van der Waals surface area contributed by atoms with Gasteiger partial charge in [0.25, 0.3) is 0 Å². The summed E-state index contributed by atoms with van der Waals surface area (Å²) in [5.41, 5.74) is 0.286. The molecule has 0 saturated heterocycles. The van der Waals surface area contributed by atoms with Crippen molar-refractivity contribution in [2.24, 2.45) is 0 Å². The van der Waals surface area contributed by atoms with E-state index in [9.17, 15) is 14.4 Å². The normalized spacial score (nSPS) is 10.6. The summed E-state index contributed by atoms with van der Waals surface area (Å²) in [5, 5.41) is 4.90. The Morgan fingerprint density at radius 2 is 1.71 bits per heavy atom. The third kappa shape index (κ3) is 9.45. The molecule has 0 radical (unpaired) electrons. The van der Waals surface area contributed by atoms with Gasteiger partial charge in [-0.1, -0.05) is 30.3 Å². The molecule has 7 nitrogen and oxygen atoms in total. The first-order chi connectivity index (χ1) is 11.3. The van der Waals surface area contributed by atoms with Gasteiger partial charge in [-0.3, -0.25) is 9.59 Å². The molecular weight excluding hydrogens is 312 g/mol. The summed E-state index contributed by atoms with van der Waals surface area (Å²) in [7, 11) is 0. The van der Waals surface area contributed by atoms with E-state index in [4.69, 9.17) is 9.47 Å². The van der Waals surface area contributed by atoms with E-state index in [1.807, 2.05) is 30.3 Å². The standard InChI is InChI=1S/C17H24N2O5/c1-17(2,3)24-15(21)11-19-14(20)9-10-18-16(22)23-12-13-7-5-4-6-8-13/h4-8H,9-12H2,1-3H3,(H,18,22)(H,19,20). The minimum Gasteiger partial charge on any atom is -0.459 e. The number of rotatable bonds is 7. The lowest BCUT2D eigenvalue weighted by Gasteiger charge is -2.19. The number of hydrogen-bond donors (Lipinski definition) is 2. The van der Waals surface area contributed by atoms with E-state index in [-0.39, 0.29) is 32.0 Å². The molecule has 0 aliphatic heterocycles. The van der Waals surface area contributed by atoms with Crippen molar-refractivity contribution in [1.82, 2.24) is 10.6 Å². The van der Waals surface area contributed by atoms with Crippen LogP contribution in [-0.4, -0.2) is 36.7 Å². The van der Waals surface area contributed by atoms with Crippen LogP contribution >= 0.6 is 0 Å². The summed E-state index contributed by atoms with van der Waals surface area (Å²) in [6.45, 7) is 5.33. The highest BCUT2D eigenvalue weighted by atomic mass is 16.6. The van der Waals surface area contributed by atoms with E-state index in [0.717, 1.165) is 5.56 Å². The molecular formula is C17H24N2O5. The van der Waals surface area contributed by atoms with Crippen LogP contribution in [0.15, 0.2) is 30.3 Å². The van der Waals surface area contributed by atoms with Crippen LogP contribution in [0, 0.1) is 0 Å². The second-order valence-corrected chi connectivity index (χ2v) is 6.10. The smallest absolute Gasteiger partial charge is 0.407 e. The summed E-state index contributed by atoms with van der Waals surface area (Å²) < 4.78 is 10.1. The average molecular weight is 336 g/mol. The van der Waals surface area contributed by atoms with Gasteiger partial charge in [0, 0.05) is 13.0 Å². The van der Waals surface area contributed by atoms with Gasteiger partial charge < -0.3 is 20.1 Å². The van der Waals surface area contributed by atoms with Crippen molar-refractivity contribution in [2.45, 2.75) is 39.4 Å². The SMILES string of the molecule is CC(C)(C)OC(=O)CNC(=O)CCNC(=O)OCc1ccccc1. The fourth-order valence-corrected chi connectivity index (χ4v) is 1.69. The quantitative estimate of drug-likeness (QED) is 0.740. The molecule has 132 valence electrons. The lowest BCUT2D eigenvalue weighted by molar-refractivity contribution is -0.154. The van der Waals surface area contributed by atoms with E-state index in [1.54, 1.807) is 20.8 Å². The van der Waals surface area contributed by atoms with Crippen LogP contribution in [0.4, 0.5) is 4.79 Å². The van der Waals surface area contributed by atoms with Gasteiger partial charge in [-0.2, -0.15) is 0 Å². The van der Waals surface area contributed by atoms with Gasteiger partial charge in [-0.05, 0) is 26.3 Å². The lowest BCUT2D eigenvalue weighted by atomic mass is 10.2. The molecule has 0 unspecified atom stereocenters. The summed E-state index contributed by atoms with van der Waals surface area (Å²) in [6.07, 6.45) is -0.553. The molecule has 24 heavy (non-hydrogen) atoms. The number of benzene rings is 1. The second-order valence-electron chi connectivity index (χ2n) is 6.10. The molecule has 2 amide bonds. The van der Waals surface area contributed by atoms with Crippen LogP contribution in [0.3, 0.4) is 0 Å². The molecule has 0 aromatic heterocycles. The van der Waals surface area contributed by atoms with Crippen LogP contribution in [0.2, 0.25) is 0 Å². The third-order valence-electron chi connectivity index (χ3n) is 2.68. The van der Waals surface area contributed by atoms with E-state index >= 15 is 0 Å². The van der Waals surface area contributed by atoms with Crippen molar-refractivity contribution in [3.8, 4) is 0 Å². The predicted octanol–water partition coefficient (Wildman–Crippen LogP) is 1.76. The average Bonchev–Trinajstić information content (AvgIpc) is 2.50. The fourth-order valence-electron chi connectivity index (χ4n) is 1.69. The maximum Gasteiger partial charge on any atom is 0.407 e. The van der Waals surface area contributed by atoms with Crippen molar-refractivity contribution in [3.05, 3.63) is 35.9 Å². The monoisotopic (exact) mass is 336 g/mol. The molecule has 0 heterocycles. The molecule has 1 rings (SSSR count). The number of ether oxygens (including phenoxy) is 2. The molecule has 0 fully saturated rings. The van der Waals surface area contributed by atoms with E-state index in [0.29, 0.717) is 0 Å². The van der Waals surface area contributed by atoms with Gasteiger partial charge >= 0.3 is 12.1 Å². The molecule has 1 aromatic carbocycles. The summed E-state index contributed by atoms with van der Waals surface area (Å²) in [6, 6.07) is 9.27. The predicted molar refractivity (Wildman–Crippen MR) is 88.1 cm³/mol. The van der Waals surface area contributed by atoms with Crippen molar-refractivity contribution in [2.75, 3.05) is 13.1 Å². The second kappa shape index (κ2) is 9.54. The minimum absolute atomic E-state index is 0.0449. The maximum atomic E-state index is 11.6. The molecule has 7 heteroatoms. The molecule has 0 aliphatic carbocycles. The van der Waals surface area contributed by atoms with E-state index in [2.05, 4.69) is 10.6 Å². The van der Waals surface area contributed by atoms with E-state index < -0.39 is 17.7 Å². The van der Waals surface area contributed by atoms with Crippen molar-refractivity contribution in [1.29, 1.82) is 0 Å². The Hall–Kier alpha value is -2.57. The first-order valence-electron chi connectivity index (χ1n) is 7.69. The van der Waals surface area contributed by atoms with Crippen molar-refractivity contribution < 1.29 is 23.9 Å². The van der Waals surface area contributed by atoms with Gasteiger partial charge in [0.2, 0.25) is 5.91 Å². The molecule has 1 aromatic rings. The molecule has 0 spiro atoms. The number of carbonyl (C=O) groups excluding carboxylic acids is 3. The zero-order valence-corrected chi connectivity index (χ0v) is 14.3. The number of amides is 2. The number of alkyl carbamates (subject to hydrolysis) is 1. The molecule has 0 bridgehead atoms. The van der Waals surface area contributed by atoms with Gasteiger partial charge in [0.1, 0.15) is 18.8 Å². The Labute approximate surface area is 141 Å². The number of nitrogens with one attached hydrogen (secondary N) is 2. The lowest BCUT2D eigenvalue weighted by Crippen LogP contribution is -2.36. The Balaban J connectivity index is 2.12. The Morgan fingerprint density at radius 1 is 1.04 bits per heavy atom. The minimum atomic E-state index is -0.598. The van der Waals surface area contributed by atoms with Gasteiger partial charge in [0.05, 0.1) is 0 Å². The van der Waals surface area contributed by atoms with E-state index in [1.165, 1.54) is 0 Å². The van der Waals surface area contributed by atoms with Gasteiger partial charge in [-0.25, -0.2) is 4.79 Å². The first-order valence-corrected chi connectivity index (χ1v) is 7.69. The van der Waals surface area contributed by atoms with Crippen molar-refractivity contribution >= 4 is 18.0 Å². The fraction of sp³-hybridized carbons (Fsp3) is 0.471. The van der Waals surface area contributed by atoms with Crippen LogP contribution in [-0.2, 0) is 25.7 Å².